The monoisotopic (exact) mass is 496 g/mol. The highest BCUT2D eigenvalue weighted by molar-refractivity contribution is 5.94. The van der Waals surface area contributed by atoms with Gasteiger partial charge in [-0.15, -0.1) is 0 Å². The van der Waals surface area contributed by atoms with Gasteiger partial charge in [-0.1, -0.05) is 107 Å². The van der Waals surface area contributed by atoms with E-state index in [0.29, 0.717) is 18.7 Å². The molecule has 2 N–H and O–H groups in total. The SMILES string of the molecule is CCCCCCCCCCCCNC(=O)c1ccc(CN(OCC(=O)O)[C@@H](C)c2ccccc2)cc1. The normalized spacial score (nSPS) is 12.0. The van der Waals surface area contributed by atoms with Crippen LogP contribution in [0.4, 0.5) is 0 Å². The molecule has 0 aromatic heterocycles. The van der Waals surface area contributed by atoms with Crippen LogP contribution in [0.5, 0.6) is 0 Å². The molecule has 2 aromatic carbocycles. The predicted molar refractivity (Wildman–Crippen MR) is 145 cm³/mol. The van der Waals surface area contributed by atoms with E-state index in [1.807, 2.05) is 61.5 Å². The molecule has 0 aliphatic carbocycles. The summed E-state index contributed by atoms with van der Waals surface area (Å²) >= 11 is 0. The lowest BCUT2D eigenvalue weighted by molar-refractivity contribution is -0.202. The van der Waals surface area contributed by atoms with Crippen molar-refractivity contribution in [3.8, 4) is 0 Å². The van der Waals surface area contributed by atoms with Gasteiger partial charge in [-0.3, -0.25) is 9.63 Å². The molecule has 0 unspecified atom stereocenters. The van der Waals surface area contributed by atoms with Crippen molar-refractivity contribution in [2.75, 3.05) is 13.2 Å². The van der Waals surface area contributed by atoms with Crippen molar-refractivity contribution in [2.24, 2.45) is 0 Å². The molecule has 0 heterocycles. The van der Waals surface area contributed by atoms with Gasteiger partial charge in [-0.05, 0) is 36.6 Å². The summed E-state index contributed by atoms with van der Waals surface area (Å²) in [6.45, 7) is 4.92. The molecule has 0 radical (unpaired) electrons. The fraction of sp³-hybridized carbons (Fsp3) is 0.533. The summed E-state index contributed by atoms with van der Waals surface area (Å²) in [6.07, 6.45) is 12.7. The molecule has 0 fully saturated rings. The molecule has 0 aliphatic rings. The molecule has 0 saturated carbocycles. The van der Waals surface area contributed by atoms with E-state index in [1.54, 1.807) is 5.06 Å². The summed E-state index contributed by atoms with van der Waals surface area (Å²) in [5.41, 5.74) is 2.60. The van der Waals surface area contributed by atoms with Crippen molar-refractivity contribution in [3.05, 3.63) is 71.3 Å². The van der Waals surface area contributed by atoms with E-state index in [1.165, 1.54) is 51.4 Å². The maximum atomic E-state index is 12.5. The maximum Gasteiger partial charge on any atom is 0.331 e. The van der Waals surface area contributed by atoms with Crippen molar-refractivity contribution in [2.45, 2.75) is 90.6 Å². The van der Waals surface area contributed by atoms with Crippen molar-refractivity contribution in [3.63, 3.8) is 0 Å². The molecular formula is C30H44N2O4. The number of nitrogens with one attached hydrogen (secondary N) is 1. The summed E-state index contributed by atoms with van der Waals surface area (Å²) < 4.78 is 0. The van der Waals surface area contributed by atoms with Crippen molar-refractivity contribution >= 4 is 11.9 Å². The Morgan fingerprint density at radius 2 is 1.44 bits per heavy atom. The van der Waals surface area contributed by atoms with Gasteiger partial charge in [0.15, 0.2) is 6.61 Å². The van der Waals surface area contributed by atoms with Crippen LogP contribution in [-0.4, -0.2) is 35.2 Å². The fourth-order valence-corrected chi connectivity index (χ4v) is 4.19. The van der Waals surface area contributed by atoms with E-state index in [2.05, 4.69) is 12.2 Å². The number of hydroxylamine groups is 2. The van der Waals surface area contributed by atoms with E-state index >= 15 is 0 Å². The first kappa shape index (κ1) is 29.5. The molecule has 6 nitrogen and oxygen atoms in total. The highest BCUT2D eigenvalue weighted by Gasteiger charge is 2.18. The highest BCUT2D eigenvalue weighted by Crippen LogP contribution is 2.23. The van der Waals surface area contributed by atoms with Crippen LogP contribution in [0.2, 0.25) is 0 Å². The summed E-state index contributed by atoms with van der Waals surface area (Å²) in [7, 11) is 0. The Morgan fingerprint density at radius 3 is 2.03 bits per heavy atom. The number of unbranched alkanes of at least 4 members (excludes halogenated alkanes) is 9. The van der Waals surface area contributed by atoms with Crippen LogP contribution in [0, 0.1) is 0 Å². The van der Waals surface area contributed by atoms with E-state index in [4.69, 9.17) is 9.94 Å². The van der Waals surface area contributed by atoms with Crippen LogP contribution in [0.25, 0.3) is 0 Å². The molecule has 1 amide bonds. The minimum absolute atomic E-state index is 0.0610. The third-order valence-electron chi connectivity index (χ3n) is 6.44. The summed E-state index contributed by atoms with van der Waals surface area (Å²) in [6, 6.07) is 17.1. The molecule has 198 valence electrons. The third kappa shape index (κ3) is 11.8. The fourth-order valence-electron chi connectivity index (χ4n) is 4.19. The van der Waals surface area contributed by atoms with Gasteiger partial charge in [-0.25, -0.2) is 4.79 Å². The molecule has 0 saturated heterocycles. The Morgan fingerprint density at radius 1 is 0.861 bits per heavy atom. The molecule has 0 bridgehead atoms. The number of nitrogens with zero attached hydrogens (tertiary/aromatic N) is 1. The average Bonchev–Trinajstić information content (AvgIpc) is 2.90. The Balaban J connectivity index is 1.74. The molecule has 0 spiro atoms. The van der Waals surface area contributed by atoms with Crippen molar-refractivity contribution in [1.29, 1.82) is 0 Å². The first-order chi connectivity index (χ1) is 17.5. The van der Waals surface area contributed by atoms with Gasteiger partial charge < -0.3 is 10.4 Å². The van der Waals surface area contributed by atoms with E-state index in [9.17, 15) is 9.59 Å². The van der Waals surface area contributed by atoms with Gasteiger partial charge in [0.2, 0.25) is 0 Å². The molecule has 0 aliphatic heterocycles. The standard InChI is InChI=1S/C30H44N2O4/c1-3-4-5-6-7-8-9-10-11-15-22-31-30(35)28-20-18-26(19-21-28)23-32(36-24-29(33)34)25(2)27-16-13-12-14-17-27/h12-14,16-21,25H,3-11,15,22-24H2,1-2H3,(H,31,35)(H,33,34)/t25-/m0/s1. The van der Waals surface area contributed by atoms with Gasteiger partial charge in [0.05, 0.1) is 6.04 Å². The zero-order valence-corrected chi connectivity index (χ0v) is 22.1. The van der Waals surface area contributed by atoms with Gasteiger partial charge in [0, 0.05) is 18.7 Å². The van der Waals surface area contributed by atoms with Crippen molar-refractivity contribution in [1.82, 2.24) is 10.4 Å². The molecule has 36 heavy (non-hydrogen) atoms. The third-order valence-corrected chi connectivity index (χ3v) is 6.44. The number of carbonyl (C=O) groups excluding carboxylic acids is 1. The largest absolute Gasteiger partial charge is 0.479 e. The number of carboxylic acid groups (broad SMARTS) is 1. The maximum absolute atomic E-state index is 12.5. The van der Waals surface area contributed by atoms with E-state index in [0.717, 1.165) is 24.0 Å². The highest BCUT2D eigenvalue weighted by atomic mass is 16.7. The topological polar surface area (TPSA) is 78.9 Å². The molecule has 2 aromatic rings. The zero-order chi connectivity index (χ0) is 26.0. The van der Waals surface area contributed by atoms with Crippen LogP contribution in [0.15, 0.2) is 54.6 Å². The van der Waals surface area contributed by atoms with Gasteiger partial charge >= 0.3 is 5.97 Å². The zero-order valence-electron chi connectivity index (χ0n) is 22.1. The summed E-state index contributed by atoms with van der Waals surface area (Å²) in [4.78, 5) is 29.1. The van der Waals surface area contributed by atoms with Crippen LogP contribution in [0.1, 0.15) is 106 Å². The lowest BCUT2D eigenvalue weighted by Crippen LogP contribution is -2.29. The van der Waals surface area contributed by atoms with Crippen LogP contribution in [-0.2, 0) is 16.2 Å². The Labute approximate surface area is 217 Å². The number of carbonyl (C=O) groups is 2. The summed E-state index contributed by atoms with van der Waals surface area (Å²) in [5.74, 6) is -1.08. The minimum Gasteiger partial charge on any atom is -0.479 e. The lowest BCUT2D eigenvalue weighted by atomic mass is 10.1. The quantitative estimate of drug-likeness (QED) is 0.163. The van der Waals surface area contributed by atoms with Crippen LogP contribution < -0.4 is 5.32 Å². The Bertz CT molecular complexity index is 870. The molecule has 1 atom stereocenters. The Kier molecular flexibility index (Phi) is 14.5. The van der Waals surface area contributed by atoms with Crippen LogP contribution in [0.3, 0.4) is 0 Å². The van der Waals surface area contributed by atoms with Gasteiger partial charge in [0.1, 0.15) is 0 Å². The number of rotatable bonds is 19. The summed E-state index contributed by atoms with van der Waals surface area (Å²) in [5, 5.41) is 13.7. The van der Waals surface area contributed by atoms with Crippen LogP contribution >= 0.6 is 0 Å². The molecular weight excluding hydrogens is 452 g/mol. The first-order valence-electron chi connectivity index (χ1n) is 13.5. The van der Waals surface area contributed by atoms with E-state index < -0.39 is 12.6 Å². The average molecular weight is 497 g/mol. The second-order valence-electron chi connectivity index (χ2n) is 9.46. The number of hydrogen-bond acceptors (Lipinski definition) is 4. The first-order valence-corrected chi connectivity index (χ1v) is 13.5. The number of amides is 1. The molecule has 2 rings (SSSR count). The second kappa shape index (κ2) is 17.7. The number of hydrogen-bond donors (Lipinski definition) is 2. The Hall–Kier alpha value is -2.70. The minimum atomic E-state index is -1.02. The van der Waals surface area contributed by atoms with E-state index in [-0.39, 0.29) is 11.9 Å². The predicted octanol–water partition coefficient (Wildman–Crippen LogP) is 6.92. The van der Waals surface area contributed by atoms with Crippen molar-refractivity contribution < 1.29 is 19.5 Å². The smallest absolute Gasteiger partial charge is 0.331 e. The number of carboxylic acids is 1. The number of aliphatic carboxylic acids is 1. The lowest BCUT2D eigenvalue weighted by Gasteiger charge is -2.28. The van der Waals surface area contributed by atoms with Gasteiger partial charge in [-0.2, -0.15) is 5.06 Å². The molecule has 6 heteroatoms. The second-order valence-corrected chi connectivity index (χ2v) is 9.46. The van der Waals surface area contributed by atoms with Gasteiger partial charge in [0.25, 0.3) is 5.91 Å². The number of benzene rings is 2.